The van der Waals surface area contributed by atoms with E-state index in [4.69, 9.17) is 23.2 Å². The monoisotopic (exact) mass is 325 g/mol. The van der Waals surface area contributed by atoms with Crippen molar-refractivity contribution in [3.05, 3.63) is 69.5 Å². The van der Waals surface area contributed by atoms with Crippen LogP contribution in [0.4, 0.5) is 4.39 Å². The third-order valence-corrected chi connectivity index (χ3v) is 4.31. The van der Waals surface area contributed by atoms with Crippen LogP contribution in [0.1, 0.15) is 43.5 Å². The molecule has 0 heterocycles. The minimum atomic E-state index is -0.220. The van der Waals surface area contributed by atoms with Gasteiger partial charge in [0, 0.05) is 12.1 Å². The number of nitrogens with one attached hydrogen (secondary N) is 1. The molecule has 0 aromatic heterocycles. The van der Waals surface area contributed by atoms with Gasteiger partial charge in [0.05, 0.1) is 10.0 Å². The summed E-state index contributed by atoms with van der Waals surface area (Å²) in [4.78, 5) is 0. The number of hydrogen-bond acceptors (Lipinski definition) is 1. The van der Waals surface area contributed by atoms with Crippen LogP contribution < -0.4 is 5.32 Å². The normalized spacial score (nSPS) is 14.0. The van der Waals surface area contributed by atoms with Gasteiger partial charge in [-0.2, -0.15) is 0 Å². The molecule has 0 saturated heterocycles. The average Bonchev–Trinajstić information content (AvgIpc) is 2.48. The molecule has 2 atom stereocenters. The Kier molecular flexibility index (Phi) is 5.63. The van der Waals surface area contributed by atoms with Crippen molar-refractivity contribution in [3.8, 4) is 0 Å². The van der Waals surface area contributed by atoms with Gasteiger partial charge >= 0.3 is 0 Å². The third-order valence-electron chi connectivity index (χ3n) is 3.58. The molecule has 0 radical (unpaired) electrons. The van der Waals surface area contributed by atoms with Crippen molar-refractivity contribution in [1.82, 2.24) is 5.32 Å². The molecule has 2 aromatic rings. The van der Waals surface area contributed by atoms with Gasteiger partial charge in [0.1, 0.15) is 5.82 Å². The summed E-state index contributed by atoms with van der Waals surface area (Å²) in [5.74, 6) is -0.220. The molecule has 2 aromatic carbocycles. The standard InChI is InChI=1S/C17H18Cl2FN/c1-3-17(13-6-9-15(18)16(19)10-13)21-11(2)12-4-7-14(20)8-5-12/h4-11,17,21H,3H2,1-2H3/t11-,17?/m1/s1. The molecule has 0 aliphatic rings. The molecular weight excluding hydrogens is 308 g/mol. The van der Waals surface area contributed by atoms with Crippen molar-refractivity contribution in [2.24, 2.45) is 0 Å². The van der Waals surface area contributed by atoms with Gasteiger partial charge in [-0.15, -0.1) is 0 Å². The van der Waals surface area contributed by atoms with E-state index < -0.39 is 0 Å². The van der Waals surface area contributed by atoms with Gasteiger partial charge in [-0.1, -0.05) is 48.3 Å². The van der Waals surface area contributed by atoms with Crippen LogP contribution in [0.15, 0.2) is 42.5 Å². The summed E-state index contributed by atoms with van der Waals surface area (Å²) in [6.07, 6.45) is 0.920. The van der Waals surface area contributed by atoms with E-state index in [-0.39, 0.29) is 17.9 Å². The zero-order valence-corrected chi connectivity index (χ0v) is 13.5. The molecule has 0 spiro atoms. The second kappa shape index (κ2) is 7.26. The second-order valence-corrected chi connectivity index (χ2v) is 5.89. The van der Waals surface area contributed by atoms with Crippen molar-refractivity contribution in [2.75, 3.05) is 0 Å². The Balaban J connectivity index is 2.14. The van der Waals surface area contributed by atoms with Crippen LogP contribution in [-0.2, 0) is 0 Å². The highest BCUT2D eigenvalue weighted by atomic mass is 35.5. The quantitative estimate of drug-likeness (QED) is 0.717. The van der Waals surface area contributed by atoms with Crippen LogP contribution in [0.3, 0.4) is 0 Å². The first-order valence-electron chi connectivity index (χ1n) is 6.97. The number of hydrogen-bond donors (Lipinski definition) is 1. The van der Waals surface area contributed by atoms with Gasteiger partial charge in [-0.3, -0.25) is 0 Å². The van der Waals surface area contributed by atoms with E-state index in [0.29, 0.717) is 10.0 Å². The average molecular weight is 326 g/mol. The summed E-state index contributed by atoms with van der Waals surface area (Å²) in [6, 6.07) is 12.5. The molecular formula is C17H18Cl2FN. The van der Waals surface area contributed by atoms with E-state index in [1.54, 1.807) is 12.1 Å². The second-order valence-electron chi connectivity index (χ2n) is 5.07. The molecule has 0 saturated carbocycles. The van der Waals surface area contributed by atoms with E-state index in [1.807, 2.05) is 18.2 Å². The highest BCUT2D eigenvalue weighted by molar-refractivity contribution is 6.42. The molecule has 0 fully saturated rings. The van der Waals surface area contributed by atoms with Gasteiger partial charge in [-0.05, 0) is 48.7 Å². The molecule has 1 nitrogen and oxygen atoms in total. The lowest BCUT2D eigenvalue weighted by molar-refractivity contribution is 0.456. The van der Waals surface area contributed by atoms with Gasteiger partial charge < -0.3 is 5.32 Å². The van der Waals surface area contributed by atoms with Crippen LogP contribution in [0.25, 0.3) is 0 Å². The topological polar surface area (TPSA) is 12.0 Å². The van der Waals surface area contributed by atoms with Crippen molar-refractivity contribution >= 4 is 23.2 Å². The van der Waals surface area contributed by atoms with Crippen molar-refractivity contribution in [2.45, 2.75) is 32.4 Å². The van der Waals surface area contributed by atoms with Crippen molar-refractivity contribution in [3.63, 3.8) is 0 Å². The maximum Gasteiger partial charge on any atom is 0.123 e. The fourth-order valence-electron chi connectivity index (χ4n) is 2.33. The first kappa shape index (κ1) is 16.3. The number of halogens is 3. The Morgan fingerprint density at radius 2 is 1.62 bits per heavy atom. The van der Waals surface area contributed by atoms with E-state index in [0.717, 1.165) is 17.5 Å². The Bertz CT molecular complexity index is 598. The fraction of sp³-hybridized carbons (Fsp3) is 0.294. The largest absolute Gasteiger partial charge is 0.303 e. The van der Waals surface area contributed by atoms with E-state index >= 15 is 0 Å². The lowest BCUT2D eigenvalue weighted by atomic mass is 10.0. The smallest absolute Gasteiger partial charge is 0.123 e. The zero-order chi connectivity index (χ0) is 15.4. The Morgan fingerprint density at radius 1 is 1.00 bits per heavy atom. The molecule has 2 rings (SSSR count). The summed E-state index contributed by atoms with van der Waals surface area (Å²) in [7, 11) is 0. The van der Waals surface area contributed by atoms with Crippen LogP contribution >= 0.6 is 23.2 Å². The summed E-state index contributed by atoms with van der Waals surface area (Å²) in [5, 5.41) is 4.66. The zero-order valence-electron chi connectivity index (χ0n) is 12.0. The van der Waals surface area contributed by atoms with Crippen molar-refractivity contribution < 1.29 is 4.39 Å². The Labute approximate surface area is 135 Å². The summed E-state index contributed by atoms with van der Waals surface area (Å²) in [6.45, 7) is 4.17. The summed E-state index contributed by atoms with van der Waals surface area (Å²) in [5.41, 5.74) is 2.15. The first-order valence-corrected chi connectivity index (χ1v) is 7.73. The molecule has 1 N–H and O–H groups in total. The van der Waals surface area contributed by atoms with Crippen LogP contribution in [0, 0.1) is 5.82 Å². The summed E-state index contributed by atoms with van der Waals surface area (Å²) < 4.78 is 13.0. The van der Waals surface area contributed by atoms with E-state index in [2.05, 4.69) is 19.2 Å². The lowest BCUT2D eigenvalue weighted by Crippen LogP contribution is -2.24. The lowest BCUT2D eigenvalue weighted by Gasteiger charge is -2.23. The predicted molar refractivity (Wildman–Crippen MR) is 87.4 cm³/mol. The SMILES string of the molecule is CCC(N[C@H](C)c1ccc(F)cc1)c1ccc(Cl)c(Cl)c1. The molecule has 0 aliphatic carbocycles. The van der Waals surface area contributed by atoms with Crippen molar-refractivity contribution in [1.29, 1.82) is 0 Å². The Hall–Kier alpha value is -1.09. The van der Waals surface area contributed by atoms with Gasteiger partial charge in [0.2, 0.25) is 0 Å². The third kappa shape index (κ3) is 4.19. The van der Waals surface area contributed by atoms with E-state index in [9.17, 15) is 4.39 Å². The highest BCUT2D eigenvalue weighted by Gasteiger charge is 2.15. The molecule has 112 valence electrons. The molecule has 21 heavy (non-hydrogen) atoms. The highest BCUT2D eigenvalue weighted by Crippen LogP contribution is 2.28. The van der Waals surface area contributed by atoms with Gasteiger partial charge in [0.25, 0.3) is 0 Å². The van der Waals surface area contributed by atoms with Gasteiger partial charge in [-0.25, -0.2) is 4.39 Å². The van der Waals surface area contributed by atoms with Gasteiger partial charge in [0.15, 0.2) is 0 Å². The number of benzene rings is 2. The Morgan fingerprint density at radius 3 is 2.19 bits per heavy atom. The molecule has 4 heteroatoms. The maximum atomic E-state index is 13.0. The summed E-state index contributed by atoms with van der Waals surface area (Å²) >= 11 is 12.0. The van der Waals surface area contributed by atoms with E-state index in [1.165, 1.54) is 12.1 Å². The minimum absolute atomic E-state index is 0.116. The predicted octanol–water partition coefficient (Wildman–Crippen LogP) is 5.93. The maximum absolute atomic E-state index is 13.0. The molecule has 0 bridgehead atoms. The van der Waals surface area contributed by atoms with Crippen LogP contribution in [-0.4, -0.2) is 0 Å². The molecule has 1 unspecified atom stereocenters. The van der Waals surface area contributed by atoms with Crippen LogP contribution in [0.5, 0.6) is 0 Å². The molecule has 0 aliphatic heterocycles. The first-order chi connectivity index (χ1) is 10.0. The fourth-order valence-corrected chi connectivity index (χ4v) is 2.63. The number of rotatable bonds is 5. The van der Waals surface area contributed by atoms with Crippen LogP contribution in [0.2, 0.25) is 10.0 Å². The molecule has 0 amide bonds. The minimum Gasteiger partial charge on any atom is -0.303 e.